The van der Waals surface area contributed by atoms with Crippen LogP contribution in [0.4, 0.5) is 10.5 Å². The Balaban J connectivity index is 2.38. The van der Waals surface area contributed by atoms with Crippen molar-refractivity contribution in [1.82, 2.24) is 4.90 Å². The van der Waals surface area contributed by atoms with Gasteiger partial charge in [0.25, 0.3) is 5.91 Å². The van der Waals surface area contributed by atoms with Gasteiger partial charge in [-0.3, -0.25) is 4.79 Å². The number of carbonyl (C=O) groups excluding carboxylic acids is 2. The Hall–Kier alpha value is -1.16. The lowest BCUT2D eigenvalue weighted by atomic mass is 9.92. The van der Waals surface area contributed by atoms with Crippen LogP contribution in [-0.4, -0.2) is 51.0 Å². The fraction of sp³-hybridized carbons (Fsp3) is 0.619. The molecule has 0 bridgehead atoms. The van der Waals surface area contributed by atoms with E-state index in [1.54, 1.807) is 11.0 Å². The maximum Gasteiger partial charge on any atom is 0.410 e. The number of hydrogen-bond acceptors (Lipinski definition) is 5. The van der Waals surface area contributed by atoms with E-state index in [1.807, 2.05) is 26.8 Å². The first-order chi connectivity index (χ1) is 13.9. The molecule has 0 heterocycles. The number of ether oxygens (including phenoxy) is 1. The normalized spacial score (nSPS) is 20.4. The molecule has 9 heteroatoms. The Bertz CT molecular complexity index is 771. The molecule has 1 saturated carbocycles. The van der Waals surface area contributed by atoms with Crippen LogP contribution in [0.25, 0.3) is 0 Å². The standard InChI is InChI=1S/C21H30Br2N2O5/c1-12(26)19(28)24-18-13(9-14(22)10-17(18)23)11-25(20(29)30-21(2,3)4)15-5-7-16(27)8-6-15/h9-10,12,15-16,26-27H,5-8,11H2,1-4H3,(H,24,28)/t12-,15?,16?/m0/s1. The number of nitrogens with zero attached hydrogens (tertiary/aromatic N) is 1. The number of rotatable bonds is 5. The van der Waals surface area contributed by atoms with Crippen molar-refractivity contribution in [3.8, 4) is 0 Å². The number of nitrogens with one attached hydrogen (secondary N) is 1. The predicted molar refractivity (Wildman–Crippen MR) is 122 cm³/mol. The molecule has 168 valence electrons. The molecule has 0 aliphatic heterocycles. The quantitative estimate of drug-likeness (QED) is 0.499. The number of halogens is 2. The van der Waals surface area contributed by atoms with Gasteiger partial charge in [0.1, 0.15) is 11.7 Å². The molecule has 3 N–H and O–H groups in total. The van der Waals surface area contributed by atoms with Gasteiger partial charge in [-0.2, -0.15) is 0 Å². The first kappa shape index (κ1) is 25.1. The SMILES string of the molecule is C[C@H](O)C(=O)Nc1c(Br)cc(Br)cc1CN(C(=O)OC(C)(C)C)C1CCC(O)CC1. The average Bonchev–Trinajstić information content (AvgIpc) is 2.61. The third-order valence-corrected chi connectivity index (χ3v) is 5.92. The molecule has 0 saturated heterocycles. The number of carbonyl (C=O) groups is 2. The zero-order valence-electron chi connectivity index (χ0n) is 17.7. The summed E-state index contributed by atoms with van der Waals surface area (Å²) >= 11 is 6.92. The molecule has 0 radical (unpaired) electrons. The van der Waals surface area contributed by atoms with E-state index in [0.717, 1.165) is 4.47 Å². The zero-order chi connectivity index (χ0) is 22.6. The van der Waals surface area contributed by atoms with Gasteiger partial charge in [-0.15, -0.1) is 0 Å². The predicted octanol–water partition coefficient (Wildman–Crippen LogP) is 4.57. The second-order valence-electron chi connectivity index (χ2n) is 8.66. The Kier molecular flexibility index (Phi) is 8.73. The minimum absolute atomic E-state index is 0.0821. The molecule has 30 heavy (non-hydrogen) atoms. The van der Waals surface area contributed by atoms with Crippen LogP contribution < -0.4 is 5.32 Å². The van der Waals surface area contributed by atoms with Gasteiger partial charge in [-0.1, -0.05) is 15.9 Å². The van der Waals surface area contributed by atoms with Crippen LogP contribution in [0.5, 0.6) is 0 Å². The van der Waals surface area contributed by atoms with Gasteiger partial charge in [0.2, 0.25) is 0 Å². The topological polar surface area (TPSA) is 99.1 Å². The second-order valence-corrected chi connectivity index (χ2v) is 10.4. The van der Waals surface area contributed by atoms with Gasteiger partial charge >= 0.3 is 6.09 Å². The molecular formula is C21H30Br2N2O5. The van der Waals surface area contributed by atoms with Crippen LogP contribution >= 0.6 is 31.9 Å². The third-order valence-electron chi connectivity index (χ3n) is 4.84. The summed E-state index contributed by atoms with van der Waals surface area (Å²) in [4.78, 5) is 26.8. The van der Waals surface area contributed by atoms with Gasteiger partial charge in [0.05, 0.1) is 18.3 Å². The lowest BCUT2D eigenvalue weighted by Gasteiger charge is -2.37. The van der Waals surface area contributed by atoms with E-state index in [2.05, 4.69) is 37.2 Å². The van der Waals surface area contributed by atoms with Crippen molar-refractivity contribution >= 4 is 49.5 Å². The van der Waals surface area contributed by atoms with E-state index < -0.39 is 23.7 Å². The number of hydrogen-bond donors (Lipinski definition) is 3. The fourth-order valence-electron chi connectivity index (χ4n) is 3.34. The summed E-state index contributed by atoms with van der Waals surface area (Å²) in [5.41, 5.74) is 0.542. The molecular weight excluding hydrogens is 520 g/mol. The molecule has 2 amide bonds. The second kappa shape index (κ2) is 10.4. The maximum atomic E-state index is 13.0. The molecule has 1 aliphatic carbocycles. The molecule has 2 rings (SSSR count). The largest absolute Gasteiger partial charge is 0.444 e. The van der Waals surface area contributed by atoms with Crippen LogP contribution in [0.15, 0.2) is 21.1 Å². The van der Waals surface area contributed by atoms with E-state index in [-0.39, 0.29) is 18.7 Å². The van der Waals surface area contributed by atoms with Crippen molar-refractivity contribution in [3.63, 3.8) is 0 Å². The van der Waals surface area contributed by atoms with Gasteiger partial charge < -0.3 is 25.2 Å². The monoisotopic (exact) mass is 548 g/mol. The first-order valence-corrected chi connectivity index (χ1v) is 11.6. The Morgan fingerprint density at radius 2 is 1.83 bits per heavy atom. The first-order valence-electron chi connectivity index (χ1n) is 10.0. The summed E-state index contributed by atoms with van der Waals surface area (Å²) in [6.45, 7) is 7.05. The van der Waals surface area contributed by atoms with Crippen LogP contribution in [0, 0.1) is 0 Å². The number of amides is 2. The molecule has 7 nitrogen and oxygen atoms in total. The minimum Gasteiger partial charge on any atom is -0.444 e. The highest BCUT2D eigenvalue weighted by Gasteiger charge is 2.32. The highest BCUT2D eigenvalue weighted by atomic mass is 79.9. The van der Waals surface area contributed by atoms with E-state index in [9.17, 15) is 19.8 Å². The van der Waals surface area contributed by atoms with E-state index in [1.165, 1.54) is 6.92 Å². The summed E-state index contributed by atoms with van der Waals surface area (Å²) in [6.07, 6.45) is 0.636. The summed E-state index contributed by atoms with van der Waals surface area (Å²) in [5, 5.41) is 22.2. The Morgan fingerprint density at radius 1 is 1.23 bits per heavy atom. The summed E-state index contributed by atoms with van der Waals surface area (Å²) < 4.78 is 7.05. The van der Waals surface area contributed by atoms with E-state index in [0.29, 0.717) is 41.4 Å². The summed E-state index contributed by atoms with van der Waals surface area (Å²) in [5.74, 6) is -0.538. The lowest BCUT2D eigenvalue weighted by Crippen LogP contribution is -2.45. The van der Waals surface area contributed by atoms with Crippen molar-refractivity contribution < 1.29 is 24.5 Å². The van der Waals surface area contributed by atoms with Gasteiger partial charge in [0, 0.05) is 15.0 Å². The smallest absolute Gasteiger partial charge is 0.410 e. The van der Waals surface area contributed by atoms with Gasteiger partial charge in [-0.25, -0.2) is 4.79 Å². The van der Waals surface area contributed by atoms with E-state index in [4.69, 9.17) is 4.74 Å². The van der Waals surface area contributed by atoms with Crippen LogP contribution in [-0.2, 0) is 16.1 Å². The minimum atomic E-state index is -1.17. The summed E-state index contributed by atoms with van der Waals surface area (Å²) in [6, 6.07) is 3.54. The van der Waals surface area contributed by atoms with Crippen molar-refractivity contribution in [2.45, 2.75) is 83.8 Å². The highest BCUT2D eigenvalue weighted by molar-refractivity contribution is 9.11. The fourth-order valence-corrected chi connectivity index (χ4v) is 4.75. The molecule has 1 aromatic rings. The number of aliphatic hydroxyl groups excluding tert-OH is 2. The molecule has 1 aromatic carbocycles. The Morgan fingerprint density at radius 3 is 2.37 bits per heavy atom. The van der Waals surface area contributed by atoms with Crippen LogP contribution in [0.2, 0.25) is 0 Å². The Labute approximate surface area is 194 Å². The van der Waals surface area contributed by atoms with Crippen molar-refractivity contribution in [1.29, 1.82) is 0 Å². The third kappa shape index (κ3) is 7.21. The molecule has 1 aliphatic rings. The number of benzene rings is 1. The molecule has 1 atom stereocenters. The zero-order valence-corrected chi connectivity index (χ0v) is 20.9. The van der Waals surface area contributed by atoms with Crippen molar-refractivity contribution in [2.24, 2.45) is 0 Å². The molecule has 0 unspecified atom stereocenters. The average molecular weight is 550 g/mol. The molecule has 1 fully saturated rings. The van der Waals surface area contributed by atoms with Gasteiger partial charge in [0.15, 0.2) is 0 Å². The van der Waals surface area contributed by atoms with E-state index >= 15 is 0 Å². The summed E-state index contributed by atoms with van der Waals surface area (Å²) in [7, 11) is 0. The van der Waals surface area contributed by atoms with Gasteiger partial charge in [-0.05, 0) is 87.0 Å². The molecule has 0 spiro atoms. The van der Waals surface area contributed by atoms with Crippen molar-refractivity contribution in [2.75, 3.05) is 5.32 Å². The number of anilines is 1. The van der Waals surface area contributed by atoms with Crippen molar-refractivity contribution in [3.05, 3.63) is 26.6 Å². The lowest BCUT2D eigenvalue weighted by molar-refractivity contribution is -0.123. The number of aliphatic hydroxyl groups is 2. The maximum absolute atomic E-state index is 13.0. The van der Waals surface area contributed by atoms with Crippen LogP contribution in [0.3, 0.4) is 0 Å². The molecule has 0 aromatic heterocycles. The van der Waals surface area contributed by atoms with Crippen LogP contribution in [0.1, 0.15) is 58.9 Å². The highest BCUT2D eigenvalue weighted by Crippen LogP contribution is 2.34.